The number of nitrogens with zero attached hydrogens (tertiary/aromatic N) is 3. The average molecular weight is 280 g/mol. The molecule has 0 aromatic carbocycles. The molecule has 0 unspecified atom stereocenters. The summed E-state index contributed by atoms with van der Waals surface area (Å²) in [6.45, 7) is 4.21. The van der Waals surface area contributed by atoms with E-state index in [-0.39, 0.29) is 5.69 Å². The zero-order chi connectivity index (χ0) is 14.6. The van der Waals surface area contributed by atoms with E-state index in [0.717, 1.165) is 17.6 Å². The van der Waals surface area contributed by atoms with Crippen molar-refractivity contribution in [1.29, 1.82) is 0 Å². The number of nitrogens with two attached hydrogens (primary N) is 1. The minimum atomic E-state index is -0.493. The molecule has 0 amide bonds. The van der Waals surface area contributed by atoms with Crippen LogP contribution in [0, 0.1) is 10.1 Å². The van der Waals surface area contributed by atoms with Crippen molar-refractivity contribution in [3.63, 3.8) is 0 Å². The van der Waals surface area contributed by atoms with Gasteiger partial charge < -0.3 is 15.5 Å². The first-order valence-corrected chi connectivity index (χ1v) is 6.97. The summed E-state index contributed by atoms with van der Waals surface area (Å²) in [6.07, 6.45) is 5.14. The molecule has 0 aliphatic carbocycles. The summed E-state index contributed by atoms with van der Waals surface area (Å²) in [7, 11) is 2.27. The van der Waals surface area contributed by atoms with E-state index in [9.17, 15) is 10.1 Å². The highest BCUT2D eigenvalue weighted by molar-refractivity contribution is 5.64. The lowest BCUT2D eigenvalue weighted by Gasteiger charge is -2.37. The number of nitrogen functional groups attached to an aromatic ring is 1. The van der Waals surface area contributed by atoms with Gasteiger partial charge in [-0.3, -0.25) is 10.1 Å². The minimum Gasteiger partial charge on any atom is -0.396 e. The Hall–Kier alpha value is -1.89. The number of hydrogen-bond acceptors (Lipinski definition) is 5. The summed E-state index contributed by atoms with van der Waals surface area (Å²) < 4.78 is 1.07. The van der Waals surface area contributed by atoms with Gasteiger partial charge in [0.25, 0.3) is 5.69 Å². The fourth-order valence-corrected chi connectivity index (χ4v) is 2.66. The molecule has 1 aromatic rings. The molecule has 0 radical (unpaired) electrons. The summed E-state index contributed by atoms with van der Waals surface area (Å²) in [5.41, 5.74) is 6.02. The molecule has 1 saturated heterocycles. The number of likely N-dealkylation sites (tertiary alicyclic amines) is 1. The molecule has 7 heteroatoms. The van der Waals surface area contributed by atoms with Gasteiger partial charge in [0.2, 0.25) is 0 Å². The number of piperidine rings is 1. The molecule has 110 valence electrons. The Balaban J connectivity index is 1.89. The quantitative estimate of drug-likeness (QED) is 0.485. The fraction of sp³-hybridized carbons (Fsp3) is 0.615. The Morgan fingerprint density at radius 2 is 2.15 bits per heavy atom. The van der Waals surface area contributed by atoms with Crippen molar-refractivity contribution >= 4 is 17.2 Å². The molecule has 0 saturated carbocycles. The van der Waals surface area contributed by atoms with Gasteiger partial charge >= 0.3 is 0 Å². The SMILES string of the molecule is C[N+]1(CCNc2ncc([N+](=O)[O-])cc2N)CCCCC1. The number of nitro groups is 1. The van der Waals surface area contributed by atoms with Crippen LogP contribution < -0.4 is 11.1 Å². The lowest BCUT2D eigenvalue weighted by atomic mass is 10.1. The first-order valence-electron chi connectivity index (χ1n) is 6.97. The zero-order valence-corrected chi connectivity index (χ0v) is 11.8. The van der Waals surface area contributed by atoms with Crippen LogP contribution in [0.15, 0.2) is 12.3 Å². The van der Waals surface area contributed by atoms with Gasteiger partial charge in [0.15, 0.2) is 0 Å². The van der Waals surface area contributed by atoms with E-state index in [1.807, 2.05) is 0 Å². The summed E-state index contributed by atoms with van der Waals surface area (Å²) >= 11 is 0. The Morgan fingerprint density at radius 1 is 1.45 bits per heavy atom. The maximum absolute atomic E-state index is 10.6. The van der Waals surface area contributed by atoms with Gasteiger partial charge in [0.1, 0.15) is 12.0 Å². The molecule has 2 heterocycles. The van der Waals surface area contributed by atoms with Crippen LogP contribution in [0.25, 0.3) is 0 Å². The Morgan fingerprint density at radius 3 is 2.75 bits per heavy atom. The Bertz CT molecular complexity index is 486. The van der Waals surface area contributed by atoms with Crippen LogP contribution in [0.1, 0.15) is 19.3 Å². The van der Waals surface area contributed by atoms with Crippen LogP contribution in [0.4, 0.5) is 17.2 Å². The van der Waals surface area contributed by atoms with Gasteiger partial charge in [-0.2, -0.15) is 0 Å². The molecule has 0 spiro atoms. The molecule has 20 heavy (non-hydrogen) atoms. The third-order valence-electron chi connectivity index (χ3n) is 3.95. The van der Waals surface area contributed by atoms with Crippen molar-refractivity contribution in [2.75, 3.05) is 44.3 Å². The van der Waals surface area contributed by atoms with Gasteiger partial charge in [0.05, 0.1) is 43.8 Å². The first kappa shape index (κ1) is 14.5. The number of likely N-dealkylation sites (N-methyl/N-ethyl adjacent to an activating group) is 1. The third kappa shape index (κ3) is 3.57. The minimum absolute atomic E-state index is 0.0805. The molecule has 1 aromatic heterocycles. The number of nitrogens with one attached hydrogen (secondary N) is 1. The van der Waals surface area contributed by atoms with Crippen molar-refractivity contribution in [3.8, 4) is 0 Å². The van der Waals surface area contributed by atoms with Crippen LogP contribution >= 0.6 is 0 Å². The lowest BCUT2D eigenvalue weighted by Crippen LogP contribution is -2.50. The molecule has 2 rings (SSSR count). The maximum Gasteiger partial charge on any atom is 0.289 e. The molecule has 0 bridgehead atoms. The van der Waals surface area contributed by atoms with Crippen LogP contribution in [-0.2, 0) is 0 Å². The van der Waals surface area contributed by atoms with Crippen molar-refractivity contribution in [3.05, 3.63) is 22.4 Å². The van der Waals surface area contributed by atoms with Gasteiger partial charge in [-0.1, -0.05) is 0 Å². The van der Waals surface area contributed by atoms with Crippen LogP contribution in [0.2, 0.25) is 0 Å². The summed E-state index contributed by atoms with van der Waals surface area (Å²) in [5, 5.41) is 13.8. The number of aromatic nitrogens is 1. The molecular weight excluding hydrogens is 258 g/mol. The summed E-state index contributed by atoms with van der Waals surface area (Å²) in [4.78, 5) is 14.1. The highest BCUT2D eigenvalue weighted by atomic mass is 16.6. The van der Waals surface area contributed by atoms with E-state index >= 15 is 0 Å². The zero-order valence-electron chi connectivity index (χ0n) is 11.8. The predicted octanol–water partition coefficient (Wildman–Crippen LogP) is 1.61. The second-order valence-electron chi connectivity index (χ2n) is 5.67. The van der Waals surface area contributed by atoms with Crippen LogP contribution in [0.5, 0.6) is 0 Å². The Kier molecular flexibility index (Phi) is 4.39. The number of anilines is 2. The van der Waals surface area contributed by atoms with Crippen molar-refractivity contribution in [2.24, 2.45) is 0 Å². The second-order valence-corrected chi connectivity index (χ2v) is 5.67. The topological polar surface area (TPSA) is 94.1 Å². The van der Waals surface area contributed by atoms with E-state index in [1.165, 1.54) is 44.6 Å². The Labute approximate surface area is 118 Å². The van der Waals surface area contributed by atoms with Gasteiger partial charge in [0, 0.05) is 6.07 Å². The summed E-state index contributed by atoms with van der Waals surface area (Å²) in [5.74, 6) is 0.527. The molecule has 7 nitrogen and oxygen atoms in total. The number of rotatable bonds is 5. The fourth-order valence-electron chi connectivity index (χ4n) is 2.66. The lowest BCUT2D eigenvalue weighted by molar-refractivity contribution is -0.912. The van der Waals surface area contributed by atoms with E-state index in [2.05, 4.69) is 17.3 Å². The van der Waals surface area contributed by atoms with Gasteiger partial charge in [-0.15, -0.1) is 0 Å². The van der Waals surface area contributed by atoms with Crippen LogP contribution in [0.3, 0.4) is 0 Å². The van der Waals surface area contributed by atoms with E-state index < -0.39 is 4.92 Å². The molecule has 0 atom stereocenters. The number of pyridine rings is 1. The molecular formula is C13H22N5O2+. The highest BCUT2D eigenvalue weighted by Gasteiger charge is 2.24. The van der Waals surface area contributed by atoms with E-state index in [1.54, 1.807) is 0 Å². The van der Waals surface area contributed by atoms with Gasteiger partial charge in [-0.25, -0.2) is 4.98 Å². The number of quaternary nitrogens is 1. The molecule has 3 N–H and O–H groups in total. The standard InChI is InChI=1S/C13H22N5O2/c1-18(6-3-2-4-7-18)8-5-15-13-12(14)9-11(10-16-13)17(19)20/h9-10H,2-8,14H2,1H3,(H,15,16)/q+1. The van der Waals surface area contributed by atoms with Crippen molar-refractivity contribution in [2.45, 2.75) is 19.3 Å². The monoisotopic (exact) mass is 280 g/mol. The predicted molar refractivity (Wildman–Crippen MR) is 78.4 cm³/mol. The summed E-state index contributed by atoms with van der Waals surface area (Å²) in [6, 6.07) is 1.34. The first-order chi connectivity index (χ1) is 9.50. The maximum atomic E-state index is 10.6. The van der Waals surface area contributed by atoms with Gasteiger partial charge in [-0.05, 0) is 19.3 Å². The van der Waals surface area contributed by atoms with Crippen molar-refractivity contribution in [1.82, 2.24) is 4.98 Å². The largest absolute Gasteiger partial charge is 0.396 e. The second kappa shape index (κ2) is 6.04. The van der Waals surface area contributed by atoms with Crippen LogP contribution in [-0.4, -0.2) is 47.6 Å². The van der Waals surface area contributed by atoms with E-state index in [4.69, 9.17) is 5.73 Å². The number of hydrogen-bond donors (Lipinski definition) is 2. The molecule has 1 fully saturated rings. The normalized spacial score (nSPS) is 17.6. The third-order valence-corrected chi connectivity index (χ3v) is 3.95. The van der Waals surface area contributed by atoms with E-state index in [0.29, 0.717) is 11.5 Å². The van der Waals surface area contributed by atoms with Crippen molar-refractivity contribution < 1.29 is 9.41 Å². The molecule has 1 aliphatic heterocycles. The average Bonchev–Trinajstić information content (AvgIpc) is 2.41. The molecule has 1 aliphatic rings. The smallest absolute Gasteiger partial charge is 0.289 e. The highest BCUT2D eigenvalue weighted by Crippen LogP contribution is 2.21.